The number of hydrogen-bond acceptors (Lipinski definition) is 4. The summed E-state index contributed by atoms with van der Waals surface area (Å²) in [5.74, 6) is 0.296. The average molecular weight is 294 g/mol. The van der Waals surface area contributed by atoms with Crippen LogP contribution in [0.15, 0.2) is 36.5 Å². The van der Waals surface area contributed by atoms with Gasteiger partial charge in [0.05, 0.1) is 19.0 Å². The van der Waals surface area contributed by atoms with Crippen molar-refractivity contribution in [2.24, 2.45) is 0 Å². The molecule has 0 amide bonds. The van der Waals surface area contributed by atoms with Crippen LogP contribution >= 0.6 is 0 Å². The van der Waals surface area contributed by atoms with Crippen LogP contribution in [0.2, 0.25) is 0 Å². The molecule has 0 fully saturated rings. The second kappa shape index (κ2) is 6.88. The zero-order valence-corrected chi connectivity index (χ0v) is 11.8. The van der Waals surface area contributed by atoms with E-state index in [0.29, 0.717) is 6.54 Å². The number of alkyl halides is 2. The van der Waals surface area contributed by atoms with Gasteiger partial charge < -0.3 is 14.8 Å². The van der Waals surface area contributed by atoms with Gasteiger partial charge in [0, 0.05) is 12.2 Å². The first-order valence-corrected chi connectivity index (χ1v) is 6.36. The summed E-state index contributed by atoms with van der Waals surface area (Å²) in [5, 5.41) is 3.16. The number of nitrogens with zero attached hydrogens (tertiary/aromatic N) is 1. The SMILES string of the molecule is COc1ccc(CNc2ccc(C)nc2)cc1OC(F)F. The van der Waals surface area contributed by atoms with E-state index in [1.807, 2.05) is 19.1 Å². The van der Waals surface area contributed by atoms with E-state index in [1.165, 1.54) is 13.2 Å². The maximum Gasteiger partial charge on any atom is 0.387 e. The van der Waals surface area contributed by atoms with Crippen LogP contribution in [0.4, 0.5) is 14.5 Å². The van der Waals surface area contributed by atoms with Crippen molar-refractivity contribution in [1.29, 1.82) is 0 Å². The van der Waals surface area contributed by atoms with Crippen LogP contribution in [-0.4, -0.2) is 18.7 Å². The van der Waals surface area contributed by atoms with E-state index in [1.54, 1.807) is 18.3 Å². The summed E-state index contributed by atoms with van der Waals surface area (Å²) in [6.45, 7) is -0.515. The number of hydrogen-bond donors (Lipinski definition) is 1. The van der Waals surface area contributed by atoms with E-state index in [-0.39, 0.29) is 11.5 Å². The minimum absolute atomic E-state index is 0.0221. The molecule has 112 valence electrons. The van der Waals surface area contributed by atoms with Crippen LogP contribution in [0.25, 0.3) is 0 Å². The predicted molar refractivity (Wildman–Crippen MR) is 75.9 cm³/mol. The smallest absolute Gasteiger partial charge is 0.387 e. The maximum absolute atomic E-state index is 12.4. The Morgan fingerprint density at radius 3 is 2.62 bits per heavy atom. The van der Waals surface area contributed by atoms with Gasteiger partial charge in [-0.15, -0.1) is 0 Å². The number of methoxy groups -OCH3 is 1. The van der Waals surface area contributed by atoms with Gasteiger partial charge >= 0.3 is 6.61 Å². The Labute approximate surface area is 121 Å². The highest BCUT2D eigenvalue weighted by atomic mass is 19.3. The van der Waals surface area contributed by atoms with Crippen molar-refractivity contribution in [3.8, 4) is 11.5 Å². The van der Waals surface area contributed by atoms with Gasteiger partial charge in [-0.25, -0.2) is 0 Å². The largest absolute Gasteiger partial charge is 0.493 e. The Bertz CT molecular complexity index is 589. The van der Waals surface area contributed by atoms with Crippen LogP contribution in [0.3, 0.4) is 0 Å². The van der Waals surface area contributed by atoms with E-state index in [4.69, 9.17) is 4.74 Å². The molecule has 1 aromatic carbocycles. The minimum atomic E-state index is -2.89. The van der Waals surface area contributed by atoms with Crippen molar-refractivity contribution >= 4 is 5.69 Å². The molecule has 4 nitrogen and oxygen atoms in total. The number of nitrogens with one attached hydrogen (secondary N) is 1. The Hall–Kier alpha value is -2.37. The number of anilines is 1. The highest BCUT2D eigenvalue weighted by molar-refractivity contribution is 5.46. The second-order valence-corrected chi connectivity index (χ2v) is 4.41. The maximum atomic E-state index is 12.4. The fourth-order valence-corrected chi connectivity index (χ4v) is 1.80. The number of rotatable bonds is 6. The second-order valence-electron chi connectivity index (χ2n) is 4.41. The highest BCUT2D eigenvalue weighted by Gasteiger charge is 2.11. The molecular formula is C15H16F2N2O2. The first-order valence-electron chi connectivity index (χ1n) is 6.36. The fourth-order valence-electron chi connectivity index (χ4n) is 1.80. The molecule has 2 aromatic rings. The lowest BCUT2D eigenvalue weighted by molar-refractivity contribution is -0.0512. The third-order valence-corrected chi connectivity index (χ3v) is 2.85. The Balaban J connectivity index is 2.07. The summed E-state index contributed by atoms with van der Waals surface area (Å²) in [6.07, 6.45) is 1.72. The summed E-state index contributed by atoms with van der Waals surface area (Å²) < 4.78 is 34.1. The lowest BCUT2D eigenvalue weighted by Gasteiger charge is -2.12. The summed E-state index contributed by atoms with van der Waals surface area (Å²) >= 11 is 0. The first kappa shape index (κ1) is 15.0. The van der Waals surface area contributed by atoms with Crippen LogP contribution in [0.5, 0.6) is 11.5 Å². The molecule has 0 aliphatic rings. The number of pyridine rings is 1. The van der Waals surface area contributed by atoms with E-state index >= 15 is 0 Å². The van der Waals surface area contributed by atoms with Crippen molar-refractivity contribution in [3.05, 3.63) is 47.8 Å². The van der Waals surface area contributed by atoms with Crippen molar-refractivity contribution in [1.82, 2.24) is 4.98 Å². The lowest BCUT2D eigenvalue weighted by atomic mass is 10.2. The molecule has 0 bridgehead atoms. The van der Waals surface area contributed by atoms with Crippen molar-refractivity contribution in [2.75, 3.05) is 12.4 Å². The zero-order valence-electron chi connectivity index (χ0n) is 11.8. The normalized spacial score (nSPS) is 10.5. The quantitative estimate of drug-likeness (QED) is 0.884. The van der Waals surface area contributed by atoms with Gasteiger partial charge in [-0.05, 0) is 36.8 Å². The first-order chi connectivity index (χ1) is 10.1. The van der Waals surface area contributed by atoms with Gasteiger partial charge in [-0.3, -0.25) is 4.98 Å². The highest BCUT2D eigenvalue weighted by Crippen LogP contribution is 2.29. The Morgan fingerprint density at radius 1 is 1.19 bits per heavy atom. The van der Waals surface area contributed by atoms with E-state index in [9.17, 15) is 8.78 Å². The summed E-state index contributed by atoms with van der Waals surface area (Å²) in [6, 6.07) is 8.71. The van der Waals surface area contributed by atoms with Gasteiger partial charge in [-0.2, -0.15) is 8.78 Å². The molecule has 2 rings (SSSR count). The molecule has 21 heavy (non-hydrogen) atoms. The van der Waals surface area contributed by atoms with Gasteiger partial charge in [0.2, 0.25) is 0 Å². The topological polar surface area (TPSA) is 43.4 Å². The summed E-state index contributed by atoms with van der Waals surface area (Å²) in [5.41, 5.74) is 2.58. The molecule has 0 atom stereocenters. The van der Waals surface area contributed by atoms with E-state index in [2.05, 4.69) is 15.0 Å². The van der Waals surface area contributed by atoms with Crippen LogP contribution in [-0.2, 0) is 6.54 Å². The zero-order chi connectivity index (χ0) is 15.2. The van der Waals surface area contributed by atoms with Crippen molar-refractivity contribution < 1.29 is 18.3 Å². The summed E-state index contributed by atoms with van der Waals surface area (Å²) in [4.78, 5) is 4.17. The van der Waals surface area contributed by atoms with Gasteiger partial charge in [0.1, 0.15) is 0 Å². The number of halogens is 2. The summed E-state index contributed by atoms with van der Waals surface area (Å²) in [7, 11) is 1.41. The van der Waals surface area contributed by atoms with Gasteiger partial charge in [0.15, 0.2) is 11.5 Å². The van der Waals surface area contributed by atoms with Crippen LogP contribution in [0.1, 0.15) is 11.3 Å². The molecule has 0 aliphatic carbocycles. The molecular weight excluding hydrogens is 278 g/mol. The van der Waals surface area contributed by atoms with Crippen molar-refractivity contribution in [2.45, 2.75) is 20.1 Å². The molecule has 0 aliphatic heterocycles. The molecule has 6 heteroatoms. The minimum Gasteiger partial charge on any atom is -0.493 e. The molecule has 0 saturated heterocycles. The Kier molecular flexibility index (Phi) is 4.92. The number of aromatic nitrogens is 1. The third kappa shape index (κ3) is 4.30. The number of aryl methyl sites for hydroxylation is 1. The monoisotopic (exact) mass is 294 g/mol. The molecule has 1 heterocycles. The fraction of sp³-hybridized carbons (Fsp3) is 0.267. The molecule has 1 N–H and O–H groups in total. The average Bonchev–Trinajstić information content (AvgIpc) is 2.46. The van der Waals surface area contributed by atoms with Gasteiger partial charge in [-0.1, -0.05) is 6.07 Å². The number of benzene rings is 1. The molecule has 0 saturated carbocycles. The third-order valence-electron chi connectivity index (χ3n) is 2.85. The van der Waals surface area contributed by atoms with Gasteiger partial charge in [0.25, 0.3) is 0 Å². The molecule has 0 spiro atoms. The molecule has 0 radical (unpaired) electrons. The van der Waals surface area contributed by atoms with E-state index < -0.39 is 6.61 Å². The standard InChI is InChI=1S/C15H16F2N2O2/c1-10-3-5-12(9-18-10)19-8-11-4-6-13(20-2)14(7-11)21-15(16)17/h3-7,9,15,19H,8H2,1-2H3. The lowest BCUT2D eigenvalue weighted by Crippen LogP contribution is -2.05. The van der Waals surface area contributed by atoms with Crippen LogP contribution in [0, 0.1) is 6.92 Å². The predicted octanol–water partition coefficient (Wildman–Crippen LogP) is 3.61. The Morgan fingerprint density at radius 2 is 2.00 bits per heavy atom. The van der Waals surface area contributed by atoms with Crippen LogP contribution < -0.4 is 14.8 Å². The molecule has 1 aromatic heterocycles. The van der Waals surface area contributed by atoms with Crippen molar-refractivity contribution in [3.63, 3.8) is 0 Å². The molecule has 0 unspecified atom stereocenters. The van der Waals surface area contributed by atoms with E-state index in [0.717, 1.165) is 16.9 Å². The number of ether oxygens (including phenoxy) is 2.